The molecular weight excluding hydrogens is 386 g/mol. The molecule has 2 aromatic carbocycles. The number of rotatable bonds is 9. The van der Waals surface area contributed by atoms with Crippen molar-refractivity contribution in [1.29, 1.82) is 0 Å². The van der Waals surface area contributed by atoms with Gasteiger partial charge in [-0.1, -0.05) is 12.1 Å². The first-order valence-electron chi connectivity index (χ1n) is 9.94. The largest absolute Gasteiger partial charge is 0.490 e. The van der Waals surface area contributed by atoms with Crippen molar-refractivity contribution in [2.24, 2.45) is 0 Å². The third-order valence-electron chi connectivity index (χ3n) is 4.52. The summed E-state index contributed by atoms with van der Waals surface area (Å²) in [5.74, 6) is 0.588. The van der Waals surface area contributed by atoms with E-state index in [1.54, 1.807) is 42.5 Å². The van der Waals surface area contributed by atoms with Crippen molar-refractivity contribution >= 4 is 23.5 Å². The summed E-state index contributed by atoms with van der Waals surface area (Å²) in [6.45, 7) is 5.31. The van der Waals surface area contributed by atoms with Crippen LogP contribution in [0.25, 0.3) is 0 Å². The predicted octanol–water partition coefficient (Wildman–Crippen LogP) is 3.29. The molecule has 0 fully saturated rings. The molecule has 0 aromatic heterocycles. The van der Waals surface area contributed by atoms with E-state index in [4.69, 9.17) is 9.47 Å². The predicted molar refractivity (Wildman–Crippen MR) is 112 cm³/mol. The number of hydrogen-bond acceptors (Lipinski definition) is 5. The van der Waals surface area contributed by atoms with Crippen LogP contribution in [-0.4, -0.2) is 49.0 Å². The first kappa shape index (κ1) is 21.2. The second-order valence-corrected chi connectivity index (χ2v) is 6.57. The van der Waals surface area contributed by atoms with Crippen molar-refractivity contribution in [3.05, 3.63) is 53.6 Å². The Hall–Kier alpha value is -3.55. The molecule has 0 spiro atoms. The van der Waals surface area contributed by atoms with Crippen LogP contribution in [0.3, 0.4) is 0 Å². The van der Waals surface area contributed by atoms with Gasteiger partial charge in [0.1, 0.15) is 0 Å². The van der Waals surface area contributed by atoms with E-state index >= 15 is 0 Å². The molecule has 4 amide bonds. The Labute approximate surface area is 175 Å². The summed E-state index contributed by atoms with van der Waals surface area (Å²) in [7, 11) is 0. The number of carbonyl (C=O) groups excluding carboxylic acids is 3. The highest BCUT2D eigenvalue weighted by molar-refractivity contribution is 6.21. The summed E-state index contributed by atoms with van der Waals surface area (Å²) >= 11 is 0. The van der Waals surface area contributed by atoms with Gasteiger partial charge in [-0.25, -0.2) is 4.79 Å². The van der Waals surface area contributed by atoms with Crippen molar-refractivity contribution in [3.8, 4) is 11.5 Å². The fourth-order valence-electron chi connectivity index (χ4n) is 3.19. The Morgan fingerprint density at radius 3 is 2.20 bits per heavy atom. The average Bonchev–Trinajstić information content (AvgIpc) is 2.98. The average molecular weight is 411 g/mol. The Morgan fingerprint density at radius 1 is 0.933 bits per heavy atom. The van der Waals surface area contributed by atoms with Crippen molar-refractivity contribution in [2.75, 3.05) is 31.6 Å². The van der Waals surface area contributed by atoms with E-state index in [0.29, 0.717) is 54.5 Å². The molecule has 0 radical (unpaired) electrons. The number of imide groups is 1. The van der Waals surface area contributed by atoms with Gasteiger partial charge >= 0.3 is 6.03 Å². The van der Waals surface area contributed by atoms with Crippen molar-refractivity contribution < 1.29 is 23.9 Å². The summed E-state index contributed by atoms with van der Waals surface area (Å²) in [6.07, 6.45) is 0.451. The summed E-state index contributed by atoms with van der Waals surface area (Å²) in [5.41, 5.74) is 1.42. The van der Waals surface area contributed by atoms with Crippen LogP contribution >= 0.6 is 0 Å². The summed E-state index contributed by atoms with van der Waals surface area (Å²) in [5, 5.41) is 5.46. The van der Waals surface area contributed by atoms with Gasteiger partial charge < -0.3 is 20.1 Å². The van der Waals surface area contributed by atoms with E-state index in [0.717, 1.165) is 0 Å². The van der Waals surface area contributed by atoms with E-state index in [1.807, 2.05) is 13.8 Å². The minimum atomic E-state index is -0.385. The number of urea groups is 1. The van der Waals surface area contributed by atoms with E-state index < -0.39 is 0 Å². The third-order valence-corrected chi connectivity index (χ3v) is 4.52. The molecule has 0 unspecified atom stereocenters. The molecule has 30 heavy (non-hydrogen) atoms. The molecule has 3 rings (SSSR count). The first-order valence-corrected chi connectivity index (χ1v) is 9.94. The van der Waals surface area contributed by atoms with Crippen LogP contribution in [0.2, 0.25) is 0 Å². The van der Waals surface area contributed by atoms with Crippen LogP contribution in [0.15, 0.2) is 42.5 Å². The third kappa shape index (κ3) is 4.71. The number of fused-ring (bicyclic) bond motifs is 1. The van der Waals surface area contributed by atoms with Crippen LogP contribution in [0, 0.1) is 0 Å². The number of amides is 4. The lowest BCUT2D eigenvalue weighted by Gasteiger charge is -2.15. The highest BCUT2D eigenvalue weighted by atomic mass is 16.5. The van der Waals surface area contributed by atoms with Gasteiger partial charge in [-0.15, -0.1) is 0 Å². The maximum atomic E-state index is 12.3. The lowest BCUT2D eigenvalue weighted by atomic mass is 10.1. The smallest absolute Gasteiger partial charge is 0.319 e. The van der Waals surface area contributed by atoms with Gasteiger partial charge in [-0.05, 0) is 44.5 Å². The van der Waals surface area contributed by atoms with E-state index in [2.05, 4.69) is 10.6 Å². The summed E-state index contributed by atoms with van der Waals surface area (Å²) in [6, 6.07) is 11.5. The Morgan fingerprint density at radius 2 is 1.57 bits per heavy atom. The second kappa shape index (κ2) is 9.78. The second-order valence-electron chi connectivity index (χ2n) is 6.57. The SMILES string of the molecule is CCOc1ccc(NC(=O)NCCCN2C(=O)c3ccccc3C2=O)cc1OCC. The number of carbonyl (C=O) groups is 3. The monoisotopic (exact) mass is 411 g/mol. The van der Waals surface area contributed by atoms with Crippen molar-refractivity contribution in [3.63, 3.8) is 0 Å². The molecule has 0 bridgehead atoms. The van der Waals surface area contributed by atoms with Crippen LogP contribution in [-0.2, 0) is 0 Å². The Kier molecular flexibility index (Phi) is 6.90. The highest BCUT2D eigenvalue weighted by Crippen LogP contribution is 2.30. The lowest BCUT2D eigenvalue weighted by Crippen LogP contribution is -2.35. The molecule has 0 saturated heterocycles. The Bertz CT molecular complexity index is 909. The number of nitrogens with zero attached hydrogens (tertiary/aromatic N) is 1. The lowest BCUT2D eigenvalue weighted by molar-refractivity contribution is 0.0653. The zero-order chi connectivity index (χ0) is 21.5. The van der Waals surface area contributed by atoms with Gasteiger partial charge in [0.2, 0.25) is 0 Å². The Balaban J connectivity index is 1.47. The number of nitrogens with one attached hydrogen (secondary N) is 2. The summed E-state index contributed by atoms with van der Waals surface area (Å²) < 4.78 is 11.1. The molecule has 1 aliphatic rings. The molecule has 2 aromatic rings. The molecule has 8 heteroatoms. The van der Waals surface area contributed by atoms with E-state index in [1.165, 1.54) is 4.90 Å². The number of benzene rings is 2. The summed E-state index contributed by atoms with van der Waals surface area (Å²) in [4.78, 5) is 38.0. The molecule has 0 saturated carbocycles. The van der Waals surface area contributed by atoms with Crippen LogP contribution in [0.4, 0.5) is 10.5 Å². The quantitative estimate of drug-likeness (QED) is 0.488. The fourth-order valence-corrected chi connectivity index (χ4v) is 3.19. The maximum Gasteiger partial charge on any atom is 0.319 e. The number of anilines is 1. The van der Waals surface area contributed by atoms with Crippen LogP contribution < -0.4 is 20.1 Å². The molecule has 1 aliphatic heterocycles. The minimum Gasteiger partial charge on any atom is -0.490 e. The van der Waals surface area contributed by atoms with Crippen LogP contribution in [0.1, 0.15) is 41.0 Å². The van der Waals surface area contributed by atoms with Gasteiger partial charge in [0.15, 0.2) is 11.5 Å². The van der Waals surface area contributed by atoms with E-state index in [-0.39, 0.29) is 24.4 Å². The maximum absolute atomic E-state index is 12.3. The molecule has 8 nitrogen and oxygen atoms in total. The van der Waals surface area contributed by atoms with Gasteiger partial charge in [0, 0.05) is 24.8 Å². The molecule has 1 heterocycles. The molecule has 158 valence electrons. The van der Waals surface area contributed by atoms with Gasteiger partial charge in [-0.2, -0.15) is 0 Å². The zero-order valence-corrected chi connectivity index (χ0v) is 17.1. The van der Waals surface area contributed by atoms with Crippen LogP contribution in [0.5, 0.6) is 11.5 Å². The minimum absolute atomic E-state index is 0.240. The topological polar surface area (TPSA) is 97.0 Å². The number of hydrogen-bond donors (Lipinski definition) is 2. The van der Waals surface area contributed by atoms with Crippen molar-refractivity contribution in [2.45, 2.75) is 20.3 Å². The zero-order valence-electron chi connectivity index (χ0n) is 17.1. The fraction of sp³-hybridized carbons (Fsp3) is 0.318. The van der Waals surface area contributed by atoms with Gasteiger partial charge in [-0.3, -0.25) is 14.5 Å². The number of ether oxygens (including phenoxy) is 2. The van der Waals surface area contributed by atoms with Gasteiger partial charge in [0.25, 0.3) is 11.8 Å². The van der Waals surface area contributed by atoms with E-state index in [9.17, 15) is 14.4 Å². The highest BCUT2D eigenvalue weighted by Gasteiger charge is 2.34. The molecular formula is C22H25N3O5. The standard InChI is InChI=1S/C22H25N3O5/c1-3-29-18-11-10-15(14-19(18)30-4-2)24-22(28)23-12-7-13-25-20(26)16-8-5-6-9-17(16)21(25)27/h5-6,8-11,14H,3-4,7,12-13H2,1-2H3,(H2,23,24,28). The molecule has 0 aliphatic carbocycles. The normalized spacial score (nSPS) is 12.5. The molecule has 0 atom stereocenters. The molecule has 2 N–H and O–H groups in total. The first-order chi connectivity index (χ1) is 14.5. The van der Waals surface area contributed by atoms with Gasteiger partial charge in [0.05, 0.1) is 24.3 Å². The van der Waals surface area contributed by atoms with Crippen molar-refractivity contribution in [1.82, 2.24) is 10.2 Å².